The monoisotopic (exact) mass is 599 g/mol. The third kappa shape index (κ3) is 4.70. The summed E-state index contributed by atoms with van der Waals surface area (Å²) in [6.45, 7) is 0.751. The Labute approximate surface area is 230 Å². The van der Waals surface area contributed by atoms with Crippen LogP contribution >= 0.6 is 15.9 Å². The van der Waals surface area contributed by atoms with Gasteiger partial charge in [0.25, 0.3) is 23.4 Å². The first-order valence-corrected chi connectivity index (χ1v) is 13.4. The number of nitro benzene ring substituents is 1. The molecule has 3 aromatic rings. The van der Waals surface area contributed by atoms with Gasteiger partial charge in [-0.25, -0.2) is 8.78 Å². The third-order valence-electron chi connectivity index (χ3n) is 7.99. The molecule has 3 aliphatic rings. The number of pyridine rings is 1. The van der Waals surface area contributed by atoms with E-state index < -0.39 is 35.6 Å². The van der Waals surface area contributed by atoms with Crippen molar-refractivity contribution < 1.29 is 23.3 Å². The van der Waals surface area contributed by atoms with Crippen LogP contribution in [0.25, 0.3) is 10.8 Å². The fourth-order valence-electron chi connectivity index (χ4n) is 5.71. The Balaban J connectivity index is 1.29. The average Bonchev–Trinajstić information content (AvgIpc) is 3.57. The van der Waals surface area contributed by atoms with Crippen molar-refractivity contribution in [1.82, 2.24) is 15.2 Å². The summed E-state index contributed by atoms with van der Waals surface area (Å²) in [4.78, 5) is 44.1. The number of carbonyl (C=O) groups excluding carboxylic acids is 2. The topological polar surface area (TPSA) is 117 Å². The summed E-state index contributed by atoms with van der Waals surface area (Å²) in [7, 11) is 0. The highest BCUT2D eigenvalue weighted by Gasteiger charge is 2.56. The molecule has 3 fully saturated rings. The second kappa shape index (κ2) is 9.22. The molecule has 0 bridgehead atoms. The fourth-order valence-corrected chi connectivity index (χ4v) is 6.16. The van der Waals surface area contributed by atoms with Crippen molar-refractivity contribution in [3.8, 4) is 0 Å². The van der Waals surface area contributed by atoms with Crippen molar-refractivity contribution in [2.24, 2.45) is 5.41 Å². The van der Waals surface area contributed by atoms with Gasteiger partial charge in [0.05, 0.1) is 22.1 Å². The molecule has 1 saturated heterocycles. The summed E-state index contributed by atoms with van der Waals surface area (Å²) < 4.78 is 27.0. The maximum absolute atomic E-state index is 13.6. The van der Waals surface area contributed by atoms with Crippen LogP contribution in [0.4, 0.5) is 20.2 Å². The van der Waals surface area contributed by atoms with Crippen LogP contribution in [0.15, 0.2) is 53.3 Å². The molecule has 2 aliphatic carbocycles. The number of nitrogens with one attached hydrogen (secondary N) is 2. The Kier molecular flexibility index (Phi) is 6.05. The molecule has 202 valence electrons. The number of hydrogen-bond donors (Lipinski definition) is 2. The van der Waals surface area contributed by atoms with Crippen molar-refractivity contribution in [1.29, 1.82) is 0 Å². The molecule has 12 heteroatoms. The van der Waals surface area contributed by atoms with E-state index in [1.54, 1.807) is 17.3 Å². The Morgan fingerprint density at radius 1 is 1.13 bits per heavy atom. The second-order valence-corrected chi connectivity index (χ2v) is 11.6. The number of anilines is 1. The van der Waals surface area contributed by atoms with Crippen LogP contribution in [-0.4, -0.2) is 57.7 Å². The van der Waals surface area contributed by atoms with Crippen LogP contribution in [0.3, 0.4) is 0 Å². The smallest absolute Gasteiger partial charge is 0.294 e. The number of nitro groups is 1. The lowest BCUT2D eigenvalue weighted by Gasteiger charge is -2.35. The molecule has 0 radical (unpaired) electrons. The predicted molar refractivity (Wildman–Crippen MR) is 143 cm³/mol. The average molecular weight is 600 g/mol. The van der Waals surface area contributed by atoms with Gasteiger partial charge in [0, 0.05) is 65.7 Å². The maximum Gasteiger partial charge on any atom is 0.294 e. The number of rotatable bonds is 6. The van der Waals surface area contributed by atoms with Crippen molar-refractivity contribution in [2.45, 2.75) is 43.7 Å². The normalized spacial score (nSPS) is 21.0. The van der Waals surface area contributed by atoms with Gasteiger partial charge in [0.15, 0.2) is 0 Å². The molecule has 2 saturated carbocycles. The van der Waals surface area contributed by atoms with Crippen LogP contribution < -0.4 is 10.6 Å². The Morgan fingerprint density at radius 2 is 1.87 bits per heavy atom. The predicted octanol–water partition coefficient (Wildman–Crippen LogP) is 5.15. The van der Waals surface area contributed by atoms with Gasteiger partial charge in [-0.05, 0) is 24.3 Å². The van der Waals surface area contributed by atoms with Crippen LogP contribution in [0.5, 0.6) is 0 Å². The van der Waals surface area contributed by atoms with E-state index in [2.05, 4.69) is 31.5 Å². The fraction of sp³-hybridized carbons (Fsp3) is 0.370. The number of fused-ring (bicyclic) bond motifs is 1. The third-order valence-corrected chi connectivity index (χ3v) is 8.45. The zero-order valence-electron chi connectivity index (χ0n) is 20.6. The van der Waals surface area contributed by atoms with Crippen molar-refractivity contribution in [3.05, 3.63) is 74.5 Å². The highest BCUT2D eigenvalue weighted by Crippen LogP contribution is 2.54. The molecule has 39 heavy (non-hydrogen) atoms. The summed E-state index contributed by atoms with van der Waals surface area (Å²) in [5.41, 5.74) is -0.101. The largest absolute Gasteiger partial charge is 0.374 e. The number of hydrogen-bond acceptors (Lipinski definition) is 6. The SMILES string of the molecule is O=C(NC1CC(F)(F)C1)c1cc(Br)cc([N+](=O)[O-])c1N[C@H]1CN(C(=O)c2cncc3ccccc23)CC12CC2. The maximum atomic E-state index is 13.6. The van der Waals surface area contributed by atoms with Gasteiger partial charge in [0.1, 0.15) is 5.69 Å². The Morgan fingerprint density at radius 3 is 2.56 bits per heavy atom. The van der Waals surface area contributed by atoms with Crippen LogP contribution in [-0.2, 0) is 0 Å². The molecule has 9 nitrogen and oxygen atoms in total. The highest BCUT2D eigenvalue weighted by molar-refractivity contribution is 9.10. The number of aromatic nitrogens is 1. The minimum atomic E-state index is -2.82. The molecular weight excluding hydrogens is 576 g/mol. The van der Waals surface area contributed by atoms with Crippen LogP contribution in [0, 0.1) is 15.5 Å². The van der Waals surface area contributed by atoms with E-state index in [4.69, 9.17) is 0 Å². The molecule has 1 spiro atoms. The number of carbonyl (C=O) groups is 2. The van der Waals surface area contributed by atoms with Gasteiger partial charge < -0.3 is 15.5 Å². The van der Waals surface area contributed by atoms with Gasteiger partial charge >= 0.3 is 0 Å². The van der Waals surface area contributed by atoms with E-state index >= 15 is 0 Å². The molecule has 1 atom stereocenters. The van der Waals surface area contributed by atoms with E-state index in [1.807, 2.05) is 24.3 Å². The molecule has 2 aromatic carbocycles. The summed E-state index contributed by atoms with van der Waals surface area (Å²) in [6.07, 6.45) is 3.97. The molecule has 1 aromatic heterocycles. The van der Waals surface area contributed by atoms with Crippen molar-refractivity contribution in [2.75, 3.05) is 18.4 Å². The molecule has 6 rings (SSSR count). The Hall–Kier alpha value is -3.67. The van der Waals surface area contributed by atoms with E-state index in [1.165, 1.54) is 12.1 Å². The van der Waals surface area contributed by atoms with E-state index in [0.29, 0.717) is 16.6 Å². The minimum absolute atomic E-state index is 0.00915. The summed E-state index contributed by atoms with van der Waals surface area (Å²) >= 11 is 3.23. The molecular formula is C27H24BrF2N5O4. The molecule has 2 heterocycles. The number of halogens is 3. The van der Waals surface area contributed by atoms with E-state index in [9.17, 15) is 28.5 Å². The first-order chi connectivity index (χ1) is 18.6. The molecule has 0 unspecified atom stereocenters. The zero-order valence-corrected chi connectivity index (χ0v) is 22.2. The quantitative estimate of drug-likeness (QED) is 0.299. The van der Waals surface area contributed by atoms with Gasteiger partial charge in [-0.3, -0.25) is 24.7 Å². The minimum Gasteiger partial charge on any atom is -0.374 e. The number of amides is 2. The number of benzene rings is 2. The first kappa shape index (κ1) is 25.6. The zero-order chi connectivity index (χ0) is 27.5. The molecule has 2 N–H and O–H groups in total. The van der Waals surface area contributed by atoms with Crippen molar-refractivity contribution in [3.63, 3.8) is 0 Å². The Bertz CT molecular complexity index is 1520. The van der Waals surface area contributed by atoms with Gasteiger partial charge in [-0.1, -0.05) is 40.2 Å². The summed E-state index contributed by atoms with van der Waals surface area (Å²) in [5, 5.41) is 19.5. The lowest BCUT2D eigenvalue weighted by atomic mass is 9.88. The number of alkyl halides is 2. The highest BCUT2D eigenvalue weighted by atomic mass is 79.9. The van der Waals surface area contributed by atoms with Crippen molar-refractivity contribution >= 4 is 49.9 Å². The van der Waals surface area contributed by atoms with Crippen LogP contribution in [0.1, 0.15) is 46.4 Å². The number of nitrogens with zero attached hydrogens (tertiary/aromatic N) is 3. The van der Waals surface area contributed by atoms with Gasteiger partial charge in [0.2, 0.25) is 0 Å². The lowest BCUT2D eigenvalue weighted by Crippen LogP contribution is -2.50. The molecule has 2 amide bonds. The van der Waals surface area contributed by atoms with Gasteiger partial charge in [-0.2, -0.15) is 0 Å². The number of likely N-dealkylation sites (tertiary alicyclic amines) is 1. The first-order valence-electron chi connectivity index (χ1n) is 12.6. The van der Waals surface area contributed by atoms with Crippen LogP contribution in [0.2, 0.25) is 0 Å². The van der Waals surface area contributed by atoms with Gasteiger partial charge in [-0.15, -0.1) is 0 Å². The molecule has 1 aliphatic heterocycles. The standard InChI is InChI=1S/C27H24BrF2N5O4/c28-16-7-19(24(36)32-17-9-27(29,30)10-17)23(21(8-16)35(38)39)33-22-13-34(14-26(22)5-6-26)25(37)20-12-31-11-15-3-1-2-4-18(15)20/h1-4,7-8,11-12,17,22,33H,5-6,9-10,13-14H2,(H,32,36)/t22-/m0/s1. The summed E-state index contributed by atoms with van der Waals surface area (Å²) in [5.74, 6) is -3.66. The summed E-state index contributed by atoms with van der Waals surface area (Å²) in [6, 6.07) is 9.20. The van der Waals surface area contributed by atoms with E-state index in [-0.39, 0.29) is 40.8 Å². The second-order valence-electron chi connectivity index (χ2n) is 10.7. The lowest BCUT2D eigenvalue weighted by molar-refractivity contribution is -0.384. The van der Waals surface area contributed by atoms with E-state index in [0.717, 1.165) is 23.6 Å².